The van der Waals surface area contributed by atoms with Gasteiger partial charge in [0.05, 0.1) is 19.3 Å². The standard InChI is InChI=1S/C8H7F3N4O2/c9-8(10,11)7(17)14-6-5(3-12)4-13-15(6)1-2-16/h4,16H,1-2H2,(H,14,17). The molecule has 0 spiro atoms. The van der Waals surface area contributed by atoms with E-state index in [2.05, 4.69) is 5.10 Å². The summed E-state index contributed by atoms with van der Waals surface area (Å²) in [6, 6.07) is 1.58. The van der Waals surface area contributed by atoms with Crippen LogP contribution in [-0.4, -0.2) is 33.6 Å². The maximum atomic E-state index is 12.0. The first-order valence-electron chi connectivity index (χ1n) is 4.35. The summed E-state index contributed by atoms with van der Waals surface area (Å²) < 4.78 is 37.0. The number of nitrogens with zero attached hydrogens (tertiary/aromatic N) is 3. The summed E-state index contributed by atoms with van der Waals surface area (Å²) >= 11 is 0. The maximum absolute atomic E-state index is 12.0. The van der Waals surface area contributed by atoms with E-state index in [4.69, 9.17) is 10.4 Å². The summed E-state index contributed by atoms with van der Waals surface area (Å²) in [6.45, 7) is -0.517. The van der Waals surface area contributed by atoms with Crippen LogP contribution in [0.1, 0.15) is 5.56 Å². The third kappa shape index (κ3) is 2.94. The Balaban J connectivity index is 3.00. The van der Waals surface area contributed by atoms with Gasteiger partial charge in [0.25, 0.3) is 0 Å². The molecular weight excluding hydrogens is 241 g/mol. The van der Waals surface area contributed by atoms with Crippen LogP contribution >= 0.6 is 0 Å². The number of nitriles is 1. The third-order valence-corrected chi connectivity index (χ3v) is 1.76. The first kappa shape index (κ1) is 13.0. The number of halogens is 3. The molecule has 0 aliphatic heterocycles. The molecule has 92 valence electrons. The van der Waals surface area contributed by atoms with Gasteiger partial charge in [-0.15, -0.1) is 0 Å². The molecule has 1 amide bonds. The van der Waals surface area contributed by atoms with E-state index in [0.717, 1.165) is 10.9 Å². The fourth-order valence-electron chi connectivity index (χ4n) is 1.04. The molecule has 9 heteroatoms. The lowest BCUT2D eigenvalue weighted by Crippen LogP contribution is -2.31. The molecule has 0 fully saturated rings. The van der Waals surface area contributed by atoms with Gasteiger partial charge in [-0.1, -0.05) is 0 Å². The summed E-state index contributed by atoms with van der Waals surface area (Å²) in [5.74, 6) is -2.59. The van der Waals surface area contributed by atoms with Gasteiger partial charge in [0, 0.05) is 0 Å². The number of aliphatic hydroxyl groups excluding tert-OH is 1. The number of aromatic nitrogens is 2. The Morgan fingerprint density at radius 2 is 2.29 bits per heavy atom. The lowest BCUT2D eigenvalue weighted by atomic mass is 10.3. The number of amides is 1. The van der Waals surface area contributed by atoms with E-state index in [-0.39, 0.29) is 24.5 Å². The van der Waals surface area contributed by atoms with Gasteiger partial charge in [-0.25, -0.2) is 4.68 Å². The average Bonchev–Trinajstić information content (AvgIpc) is 2.60. The number of carbonyl (C=O) groups is 1. The lowest BCUT2D eigenvalue weighted by molar-refractivity contribution is -0.167. The third-order valence-electron chi connectivity index (χ3n) is 1.76. The number of carbonyl (C=O) groups excluding carboxylic acids is 1. The quantitative estimate of drug-likeness (QED) is 0.802. The number of anilines is 1. The number of nitrogens with one attached hydrogen (secondary N) is 1. The Hall–Kier alpha value is -2.08. The lowest BCUT2D eigenvalue weighted by Gasteiger charge is -2.09. The van der Waals surface area contributed by atoms with Crippen LogP contribution < -0.4 is 5.32 Å². The van der Waals surface area contributed by atoms with Crippen molar-refractivity contribution < 1.29 is 23.1 Å². The number of aliphatic hydroxyl groups is 1. The summed E-state index contributed by atoms with van der Waals surface area (Å²) in [4.78, 5) is 10.7. The molecule has 1 aromatic rings. The van der Waals surface area contributed by atoms with Crippen molar-refractivity contribution in [3.8, 4) is 6.07 Å². The van der Waals surface area contributed by atoms with E-state index in [0.29, 0.717) is 0 Å². The van der Waals surface area contributed by atoms with Gasteiger partial charge in [-0.2, -0.15) is 23.5 Å². The van der Waals surface area contributed by atoms with E-state index in [9.17, 15) is 18.0 Å². The van der Waals surface area contributed by atoms with Crippen LogP contribution in [0.25, 0.3) is 0 Å². The van der Waals surface area contributed by atoms with E-state index in [1.165, 1.54) is 5.32 Å². The molecule has 0 unspecified atom stereocenters. The van der Waals surface area contributed by atoms with Crippen molar-refractivity contribution in [1.82, 2.24) is 9.78 Å². The van der Waals surface area contributed by atoms with Crippen molar-refractivity contribution in [2.24, 2.45) is 0 Å². The van der Waals surface area contributed by atoms with Crippen molar-refractivity contribution in [1.29, 1.82) is 5.26 Å². The molecule has 6 nitrogen and oxygen atoms in total. The zero-order chi connectivity index (χ0) is 13.1. The second kappa shape index (κ2) is 4.84. The van der Waals surface area contributed by atoms with Gasteiger partial charge in [0.1, 0.15) is 17.5 Å². The highest BCUT2D eigenvalue weighted by Crippen LogP contribution is 2.20. The summed E-state index contributed by atoms with van der Waals surface area (Å²) in [6.07, 6.45) is -4.05. The molecule has 2 N–H and O–H groups in total. The molecule has 17 heavy (non-hydrogen) atoms. The molecule has 0 aliphatic rings. The van der Waals surface area contributed by atoms with E-state index >= 15 is 0 Å². The first-order chi connectivity index (χ1) is 7.90. The van der Waals surface area contributed by atoms with Crippen molar-refractivity contribution >= 4 is 11.7 Å². The Labute approximate surface area is 93.3 Å². The molecule has 0 bridgehead atoms. The predicted molar refractivity (Wildman–Crippen MR) is 48.7 cm³/mol. The van der Waals surface area contributed by atoms with Crippen LogP contribution in [0.4, 0.5) is 19.0 Å². The molecular formula is C8H7F3N4O2. The zero-order valence-electron chi connectivity index (χ0n) is 8.32. The summed E-state index contributed by atoms with van der Waals surface area (Å²) in [5, 5.41) is 22.4. The largest absolute Gasteiger partial charge is 0.471 e. The van der Waals surface area contributed by atoms with Crippen molar-refractivity contribution in [2.75, 3.05) is 11.9 Å². The fourth-order valence-corrected chi connectivity index (χ4v) is 1.04. The summed E-state index contributed by atoms with van der Waals surface area (Å²) in [5.41, 5.74) is -0.212. The molecule has 1 rings (SSSR count). The predicted octanol–water partition coefficient (Wildman–Crippen LogP) is 0.248. The summed E-state index contributed by atoms with van der Waals surface area (Å²) in [7, 11) is 0. The number of hydrogen-bond donors (Lipinski definition) is 2. The van der Waals surface area contributed by atoms with Crippen LogP contribution in [0.15, 0.2) is 6.20 Å². The molecule has 0 aromatic carbocycles. The van der Waals surface area contributed by atoms with Crippen LogP contribution in [-0.2, 0) is 11.3 Å². The van der Waals surface area contributed by atoms with Crippen LogP contribution in [0, 0.1) is 11.3 Å². The van der Waals surface area contributed by atoms with Crippen LogP contribution in [0.3, 0.4) is 0 Å². The zero-order valence-corrected chi connectivity index (χ0v) is 8.32. The minimum Gasteiger partial charge on any atom is -0.394 e. The maximum Gasteiger partial charge on any atom is 0.471 e. The van der Waals surface area contributed by atoms with Crippen molar-refractivity contribution in [3.05, 3.63) is 11.8 Å². The first-order valence-corrected chi connectivity index (χ1v) is 4.35. The Morgan fingerprint density at radius 3 is 2.76 bits per heavy atom. The smallest absolute Gasteiger partial charge is 0.394 e. The molecule has 0 saturated carbocycles. The number of hydrogen-bond acceptors (Lipinski definition) is 4. The normalized spacial score (nSPS) is 11.0. The number of rotatable bonds is 3. The Bertz CT molecular complexity index is 460. The fraction of sp³-hybridized carbons (Fsp3) is 0.375. The Kier molecular flexibility index (Phi) is 3.69. The highest BCUT2D eigenvalue weighted by Gasteiger charge is 2.39. The van der Waals surface area contributed by atoms with E-state index in [1.54, 1.807) is 6.07 Å². The monoisotopic (exact) mass is 248 g/mol. The van der Waals surface area contributed by atoms with E-state index in [1.807, 2.05) is 0 Å². The SMILES string of the molecule is N#Cc1cnn(CCO)c1NC(=O)C(F)(F)F. The number of alkyl halides is 3. The van der Waals surface area contributed by atoms with Gasteiger partial charge in [0.15, 0.2) is 0 Å². The topological polar surface area (TPSA) is 90.9 Å². The average molecular weight is 248 g/mol. The van der Waals surface area contributed by atoms with Crippen LogP contribution in [0.2, 0.25) is 0 Å². The van der Waals surface area contributed by atoms with Crippen molar-refractivity contribution in [2.45, 2.75) is 12.7 Å². The second-order valence-electron chi connectivity index (χ2n) is 2.92. The van der Waals surface area contributed by atoms with Crippen LogP contribution in [0.5, 0.6) is 0 Å². The van der Waals surface area contributed by atoms with Gasteiger partial charge < -0.3 is 10.4 Å². The van der Waals surface area contributed by atoms with E-state index < -0.39 is 12.1 Å². The van der Waals surface area contributed by atoms with Gasteiger partial charge in [-0.3, -0.25) is 4.79 Å². The van der Waals surface area contributed by atoms with Gasteiger partial charge in [-0.05, 0) is 0 Å². The van der Waals surface area contributed by atoms with Crippen molar-refractivity contribution in [3.63, 3.8) is 0 Å². The van der Waals surface area contributed by atoms with Gasteiger partial charge >= 0.3 is 12.1 Å². The molecule has 0 atom stereocenters. The molecule has 0 radical (unpaired) electrons. The second-order valence-corrected chi connectivity index (χ2v) is 2.92. The molecule has 1 heterocycles. The molecule has 0 saturated heterocycles. The van der Waals surface area contributed by atoms with Gasteiger partial charge in [0.2, 0.25) is 0 Å². The highest BCUT2D eigenvalue weighted by molar-refractivity contribution is 5.95. The highest BCUT2D eigenvalue weighted by atomic mass is 19.4. The molecule has 0 aliphatic carbocycles. The molecule has 1 aromatic heterocycles. The minimum absolute atomic E-state index is 0.130. The minimum atomic E-state index is -5.05. The Morgan fingerprint density at radius 1 is 1.65 bits per heavy atom.